The molecule has 122 heavy (non-hydrogen) atoms. The molecule has 0 spiro atoms. The Kier molecular flexibility index (Phi) is 27.4. The molecule has 11 bridgehead atoms. The number of nitrogens with two attached hydrogens (primary N) is 1. The SMILES string of the molecule is CN[C@H](CC(C)C)C(=O)N[C@H]1C(=O)N[C@@H](CC(N)=O)C(=O)N[C@H]2C(=O)N[C@H]3C(=O)N[C@H](C(=O)N[C@H](C(=O)NCCc4ccccc4)c4cc(O)cc(O)c4-c4cc3ccc4O)[C@H](O)c3ccc(c(Cl)c3)Oc3cc2cc(c3O[C@@H]2O[C@H](CO)[C@@H](O)[C@H](O)[C@H]2O[C@H]2C[C@](C)(NCc3ccc(-c4ccccc4)cc3)[C@@H](O)[C@H](C)O2)Oc2ccc(cc2Cl)[C@H]1O. The number of nitrogens with one attached hydrogen (secondary N) is 9. The van der Waals surface area contributed by atoms with Gasteiger partial charge in [0.25, 0.3) is 0 Å². The van der Waals surface area contributed by atoms with Crippen LogP contribution in [0.3, 0.4) is 0 Å². The van der Waals surface area contributed by atoms with Crippen LogP contribution in [0.25, 0.3) is 22.3 Å². The summed E-state index contributed by atoms with van der Waals surface area (Å²) in [5.74, 6) is -14.5. The molecule has 35 heteroatoms. The number of carbonyl (C=O) groups excluding carboxylic acids is 8. The molecule has 7 aliphatic rings. The zero-order valence-electron chi connectivity index (χ0n) is 66.5. The second-order valence-corrected chi connectivity index (χ2v) is 32.0. The van der Waals surface area contributed by atoms with Crippen molar-refractivity contribution < 1.29 is 113 Å². The summed E-state index contributed by atoms with van der Waals surface area (Å²) in [5, 5.41) is 131. The number of likely N-dealkylation sites (N-methyl/N-ethyl adjacent to an activating group) is 1. The van der Waals surface area contributed by atoms with Crippen LogP contribution in [0.15, 0.2) is 164 Å². The van der Waals surface area contributed by atoms with Gasteiger partial charge in [-0.15, -0.1) is 0 Å². The van der Waals surface area contributed by atoms with Gasteiger partial charge in [0.2, 0.25) is 59.3 Å². The minimum absolute atomic E-state index is 0.0584. The molecule has 8 amide bonds. The molecule has 2 fully saturated rings. The number of hydrogen-bond donors (Lipinski definition) is 19. The Morgan fingerprint density at radius 3 is 1.89 bits per heavy atom. The number of rotatable bonds is 20. The van der Waals surface area contributed by atoms with Gasteiger partial charge in [-0.1, -0.05) is 140 Å². The Balaban J connectivity index is 0.981. The van der Waals surface area contributed by atoms with E-state index in [1.807, 2.05) is 68.4 Å². The first-order valence-electron chi connectivity index (χ1n) is 39.4. The number of aliphatic hydroxyl groups is 6. The van der Waals surface area contributed by atoms with Crippen LogP contribution in [0.5, 0.6) is 46.0 Å². The molecule has 15 rings (SSSR count). The number of benzene rings is 8. The maximum Gasteiger partial charge on any atom is 0.248 e. The number of primary amides is 1. The number of phenols is 3. The first-order chi connectivity index (χ1) is 58.3. The molecule has 20 N–H and O–H groups in total. The maximum atomic E-state index is 16.4. The topological polar surface area (TPSA) is 508 Å². The average Bonchev–Trinajstić information content (AvgIpc) is 0.784. The molecule has 2 saturated heterocycles. The Morgan fingerprint density at radius 2 is 1.25 bits per heavy atom. The standard InChI is InChI=1S/C87H94Cl2N10O23/c1-40(2)28-55(91-5)79(110)98-70-72(105)47-21-24-59(53(88)30-47)118-61-32-49-33-62(76(61)122-86-77(75(108)74(107)63(39-100)120-86)121-65-37-87(4,78(109)41(3)117-65)93-38-43-16-18-45(19-17-43)44-14-10-7-11-15-44)119-60-25-22-48(31-54(60)89)73(106)71-85(116)97-69(81(112)92-27-26-42-12-8-6-9-13-42)52-34-50(101)35-58(103)66(52)51-29-46(20-23-57(51)102)67(82(113)99-71)96-83(114)68(49)95-80(111)56(36-64(90)104)94-84(70)115/h6-25,29-35,40-41,55-56,63,65,67-75,77-78,86,91,93,100-103,105-109H,26-28,36-39H2,1-5H3,(H2,90,104)(H,92,112)(H,94,115)(H,95,111)(H,96,114)(H,97,116)(H,98,110)(H,99,113)/t41-,55+,56-,63+,65-,67+,68+,69-,70+,71-,72+,73+,74+,75-,77+,78-,86-,87-/m0/s1. The molecule has 0 saturated carbocycles. The number of hydrogen-bond acceptors (Lipinski definition) is 25. The fourth-order valence-electron chi connectivity index (χ4n) is 15.5. The smallest absolute Gasteiger partial charge is 0.248 e. The fraction of sp³-hybridized carbons (Fsp3) is 0.356. The zero-order chi connectivity index (χ0) is 87.3. The summed E-state index contributed by atoms with van der Waals surface area (Å²) >= 11 is 14.5. The number of carbonyl (C=O) groups is 8. The molecule has 7 aliphatic heterocycles. The maximum absolute atomic E-state index is 16.4. The van der Waals surface area contributed by atoms with Crippen molar-refractivity contribution in [3.05, 3.63) is 213 Å². The van der Waals surface area contributed by atoms with Crippen molar-refractivity contribution in [1.29, 1.82) is 0 Å². The van der Waals surface area contributed by atoms with Crippen molar-refractivity contribution in [2.24, 2.45) is 11.7 Å². The minimum Gasteiger partial charge on any atom is -0.508 e. The second-order valence-electron chi connectivity index (χ2n) is 31.2. The van der Waals surface area contributed by atoms with E-state index in [2.05, 4.69) is 47.9 Å². The summed E-state index contributed by atoms with van der Waals surface area (Å²) in [6.07, 6.45) is -18.2. The van der Waals surface area contributed by atoms with E-state index in [0.717, 1.165) is 76.9 Å². The van der Waals surface area contributed by atoms with Crippen LogP contribution in [-0.2, 0) is 65.5 Å². The highest BCUT2D eigenvalue weighted by molar-refractivity contribution is 6.32. The predicted molar refractivity (Wildman–Crippen MR) is 439 cm³/mol. The largest absolute Gasteiger partial charge is 0.508 e. The van der Waals surface area contributed by atoms with Crippen LogP contribution in [0.2, 0.25) is 10.0 Å². The van der Waals surface area contributed by atoms with Crippen LogP contribution >= 0.6 is 23.2 Å². The van der Waals surface area contributed by atoms with Crippen molar-refractivity contribution in [2.45, 2.75) is 169 Å². The van der Waals surface area contributed by atoms with Gasteiger partial charge in [0.1, 0.15) is 95.5 Å². The van der Waals surface area contributed by atoms with Gasteiger partial charge >= 0.3 is 0 Å². The quantitative estimate of drug-likeness (QED) is 0.0483. The molecule has 18 atom stereocenters. The lowest BCUT2D eigenvalue weighted by molar-refractivity contribution is -0.334. The minimum atomic E-state index is -2.35. The van der Waals surface area contributed by atoms with Gasteiger partial charge in [-0.3, -0.25) is 38.4 Å². The van der Waals surface area contributed by atoms with Gasteiger partial charge < -0.3 is 128 Å². The van der Waals surface area contributed by atoms with Gasteiger partial charge in [0.05, 0.1) is 41.3 Å². The average molecular weight is 1720 g/mol. The summed E-state index contributed by atoms with van der Waals surface area (Å²) in [6, 6.07) is 27.0. The molecule has 33 nitrogen and oxygen atoms in total. The highest BCUT2D eigenvalue weighted by atomic mass is 35.5. The molecule has 8 aromatic rings. The van der Waals surface area contributed by atoms with Crippen molar-refractivity contribution in [1.82, 2.24) is 47.9 Å². The summed E-state index contributed by atoms with van der Waals surface area (Å²) in [6.45, 7) is 6.18. The van der Waals surface area contributed by atoms with E-state index in [-0.39, 0.29) is 82.6 Å². The Morgan fingerprint density at radius 1 is 0.639 bits per heavy atom. The van der Waals surface area contributed by atoms with Crippen LogP contribution in [-0.4, -0.2) is 192 Å². The van der Waals surface area contributed by atoms with Crippen LogP contribution in [0.1, 0.15) is 116 Å². The Bertz CT molecular complexity index is 5230. The summed E-state index contributed by atoms with van der Waals surface area (Å²) in [5.41, 5.74) is 5.92. The third kappa shape index (κ3) is 19.7. The number of ether oxygens (including phenoxy) is 6. The summed E-state index contributed by atoms with van der Waals surface area (Å²) in [4.78, 5) is 121. The zero-order valence-corrected chi connectivity index (χ0v) is 68.0. The van der Waals surface area contributed by atoms with Crippen molar-refractivity contribution in [2.75, 3.05) is 20.2 Å². The molecule has 7 heterocycles. The number of phenolic OH excluding ortho intramolecular Hbond substituents is 3. The fourth-order valence-corrected chi connectivity index (χ4v) is 15.9. The van der Waals surface area contributed by atoms with E-state index in [0.29, 0.717) is 0 Å². The Labute approximate surface area is 709 Å². The van der Waals surface area contributed by atoms with E-state index in [1.54, 1.807) is 44.2 Å². The molecule has 0 radical (unpaired) electrons. The van der Waals surface area contributed by atoms with Crippen LogP contribution in [0.4, 0.5) is 0 Å². The lowest BCUT2D eigenvalue weighted by Gasteiger charge is -2.48. The first-order valence-corrected chi connectivity index (χ1v) is 40.2. The van der Waals surface area contributed by atoms with E-state index in [4.69, 9.17) is 57.4 Å². The summed E-state index contributed by atoms with van der Waals surface area (Å²) in [7, 11) is 1.49. The van der Waals surface area contributed by atoms with Gasteiger partial charge in [-0.05, 0) is 144 Å². The number of fused-ring (bicyclic) bond motifs is 15. The molecule has 8 aromatic carbocycles. The third-order valence-electron chi connectivity index (χ3n) is 22.1. The van der Waals surface area contributed by atoms with Gasteiger partial charge in [-0.2, -0.15) is 0 Å². The van der Waals surface area contributed by atoms with Crippen molar-refractivity contribution in [3.63, 3.8) is 0 Å². The highest BCUT2D eigenvalue weighted by Gasteiger charge is 2.52. The monoisotopic (exact) mass is 1720 g/mol. The lowest BCUT2D eigenvalue weighted by Crippen LogP contribution is -2.65. The van der Waals surface area contributed by atoms with E-state index < -0.39 is 220 Å². The number of halogens is 2. The number of aliphatic hydroxyl groups excluding tert-OH is 6. The summed E-state index contributed by atoms with van der Waals surface area (Å²) < 4.78 is 39.8. The molecular formula is C87H94Cl2N10O23. The van der Waals surface area contributed by atoms with Gasteiger partial charge in [-0.25, -0.2) is 0 Å². The lowest BCUT2D eigenvalue weighted by atomic mass is 9.84. The van der Waals surface area contributed by atoms with Crippen LogP contribution < -0.4 is 67.8 Å². The highest BCUT2D eigenvalue weighted by Crippen LogP contribution is 2.50. The van der Waals surface area contributed by atoms with E-state index in [9.17, 15) is 60.3 Å². The van der Waals surface area contributed by atoms with Crippen LogP contribution in [0, 0.1) is 5.92 Å². The van der Waals surface area contributed by atoms with Crippen molar-refractivity contribution >= 4 is 70.5 Å². The van der Waals surface area contributed by atoms with Crippen molar-refractivity contribution in [3.8, 4) is 68.2 Å². The van der Waals surface area contributed by atoms with Gasteiger partial charge in [0, 0.05) is 42.2 Å². The van der Waals surface area contributed by atoms with E-state index >= 15 is 24.0 Å². The van der Waals surface area contributed by atoms with Gasteiger partial charge in [0.15, 0.2) is 23.9 Å². The second kappa shape index (κ2) is 37.8. The number of amides is 8. The molecular weight excluding hydrogens is 1620 g/mol. The number of aromatic hydroxyl groups is 3. The molecule has 644 valence electrons. The molecule has 0 aromatic heterocycles. The third-order valence-corrected chi connectivity index (χ3v) is 22.7. The molecule has 0 aliphatic carbocycles. The normalized spacial score (nSPS) is 26.3. The predicted octanol–water partition coefficient (Wildman–Crippen LogP) is 4.88. The first kappa shape index (κ1) is 88.3. The van der Waals surface area contributed by atoms with E-state index in [1.165, 1.54) is 31.3 Å². The molecule has 0 unspecified atom stereocenters. The Hall–Kier alpha value is -11.5.